The fourth-order valence-electron chi connectivity index (χ4n) is 2.33. The van der Waals surface area contributed by atoms with E-state index in [1.807, 2.05) is 6.92 Å². The predicted octanol–water partition coefficient (Wildman–Crippen LogP) is 2.62. The maximum Gasteiger partial charge on any atom is 0.148 e. The zero-order chi connectivity index (χ0) is 13.8. The molecule has 0 aliphatic heterocycles. The zero-order valence-corrected chi connectivity index (χ0v) is 12.2. The van der Waals surface area contributed by atoms with Gasteiger partial charge in [-0.2, -0.15) is 0 Å². The summed E-state index contributed by atoms with van der Waals surface area (Å²) in [5.74, 6) is 8.93. The molecule has 106 valence electrons. The smallest absolute Gasteiger partial charge is 0.148 e. The molecule has 1 atom stereocenters. The fraction of sp³-hybridized carbons (Fsp3) is 0.714. The Morgan fingerprint density at radius 1 is 1.32 bits per heavy atom. The van der Waals surface area contributed by atoms with Crippen LogP contribution < -0.4 is 16.6 Å². The van der Waals surface area contributed by atoms with Crippen LogP contribution in [0.1, 0.15) is 50.9 Å². The third-order valence-electron chi connectivity index (χ3n) is 3.57. The molecule has 1 heterocycles. The number of hydrogen-bond acceptors (Lipinski definition) is 5. The third kappa shape index (κ3) is 3.80. The third-order valence-corrected chi connectivity index (χ3v) is 3.57. The van der Waals surface area contributed by atoms with Crippen LogP contribution >= 0.6 is 0 Å². The Morgan fingerprint density at radius 3 is 2.58 bits per heavy atom. The van der Waals surface area contributed by atoms with E-state index in [4.69, 9.17) is 5.84 Å². The minimum absolute atomic E-state index is 0.446. The first-order valence-electron chi connectivity index (χ1n) is 7.24. The van der Waals surface area contributed by atoms with Crippen molar-refractivity contribution in [1.29, 1.82) is 0 Å². The molecule has 1 aliphatic rings. The molecule has 1 saturated carbocycles. The van der Waals surface area contributed by atoms with Gasteiger partial charge in [0.25, 0.3) is 0 Å². The van der Waals surface area contributed by atoms with E-state index in [1.165, 1.54) is 19.3 Å². The van der Waals surface area contributed by atoms with Crippen molar-refractivity contribution in [1.82, 2.24) is 9.97 Å². The number of aromatic nitrogens is 2. The lowest BCUT2D eigenvalue weighted by Crippen LogP contribution is -2.20. The normalized spacial score (nSPS) is 16.2. The summed E-state index contributed by atoms with van der Waals surface area (Å²) in [6.07, 6.45) is 5.89. The van der Waals surface area contributed by atoms with E-state index in [2.05, 4.69) is 34.6 Å². The van der Waals surface area contributed by atoms with Gasteiger partial charge < -0.3 is 10.7 Å². The van der Waals surface area contributed by atoms with Crippen molar-refractivity contribution < 1.29 is 0 Å². The molecular formula is C14H25N5. The zero-order valence-electron chi connectivity index (χ0n) is 12.2. The summed E-state index contributed by atoms with van der Waals surface area (Å²) in [6.45, 7) is 6.34. The lowest BCUT2D eigenvalue weighted by atomic mass is 10.1. The quantitative estimate of drug-likeness (QED) is 0.521. The Morgan fingerprint density at radius 2 is 2.00 bits per heavy atom. The second-order valence-corrected chi connectivity index (χ2v) is 5.58. The molecule has 0 radical (unpaired) electrons. The van der Waals surface area contributed by atoms with Crippen LogP contribution in [0.25, 0.3) is 0 Å². The van der Waals surface area contributed by atoms with E-state index < -0.39 is 0 Å². The van der Waals surface area contributed by atoms with E-state index in [0.29, 0.717) is 6.04 Å². The van der Waals surface area contributed by atoms with Crippen molar-refractivity contribution in [2.75, 3.05) is 10.7 Å². The average molecular weight is 263 g/mol. The van der Waals surface area contributed by atoms with Crippen molar-refractivity contribution in [3.8, 4) is 0 Å². The fourth-order valence-corrected chi connectivity index (χ4v) is 2.33. The predicted molar refractivity (Wildman–Crippen MR) is 79.0 cm³/mol. The van der Waals surface area contributed by atoms with Crippen LogP contribution in [-0.4, -0.2) is 16.0 Å². The summed E-state index contributed by atoms with van der Waals surface area (Å²) in [4.78, 5) is 9.06. The van der Waals surface area contributed by atoms with Crippen LogP contribution in [0.15, 0.2) is 0 Å². The van der Waals surface area contributed by atoms with E-state index in [-0.39, 0.29) is 0 Å². The molecule has 1 fully saturated rings. The number of nitrogens with two attached hydrogens (primary N) is 1. The summed E-state index contributed by atoms with van der Waals surface area (Å²) in [5.41, 5.74) is 3.66. The van der Waals surface area contributed by atoms with Crippen LogP contribution in [0.3, 0.4) is 0 Å². The Labute approximate surface area is 115 Å². The minimum atomic E-state index is 0.446. The number of aryl methyl sites for hydroxylation is 1. The van der Waals surface area contributed by atoms with Crippen LogP contribution in [-0.2, 0) is 6.42 Å². The number of rotatable bonds is 7. The molecule has 1 aromatic rings. The summed E-state index contributed by atoms with van der Waals surface area (Å²) in [7, 11) is 0. The van der Waals surface area contributed by atoms with Gasteiger partial charge in [-0.1, -0.05) is 19.8 Å². The van der Waals surface area contributed by atoms with Gasteiger partial charge in [-0.05, 0) is 32.6 Å². The maximum absolute atomic E-state index is 5.54. The summed E-state index contributed by atoms with van der Waals surface area (Å²) in [5, 5.41) is 3.51. The average Bonchev–Trinajstić information content (AvgIpc) is 3.17. The molecule has 2 rings (SSSR count). The van der Waals surface area contributed by atoms with Gasteiger partial charge in [0.1, 0.15) is 17.5 Å². The maximum atomic E-state index is 5.54. The van der Waals surface area contributed by atoms with E-state index >= 15 is 0 Å². The van der Waals surface area contributed by atoms with Crippen LogP contribution in [0.2, 0.25) is 0 Å². The molecule has 0 aromatic carbocycles. The Balaban J connectivity index is 2.13. The molecule has 4 N–H and O–H groups in total. The summed E-state index contributed by atoms with van der Waals surface area (Å²) in [6, 6.07) is 0.446. The van der Waals surface area contributed by atoms with Crippen LogP contribution in [0.4, 0.5) is 11.6 Å². The topological polar surface area (TPSA) is 75.9 Å². The molecule has 5 heteroatoms. The number of hydrogen-bond donors (Lipinski definition) is 3. The molecule has 1 aliphatic carbocycles. The van der Waals surface area contributed by atoms with Gasteiger partial charge in [-0.25, -0.2) is 15.8 Å². The van der Waals surface area contributed by atoms with Gasteiger partial charge in [0.15, 0.2) is 0 Å². The highest BCUT2D eigenvalue weighted by atomic mass is 15.3. The SMILES string of the molecule is CCCc1nc(NN)c(C)c(NC(C)CC2CC2)n1. The number of nitrogens with one attached hydrogen (secondary N) is 2. The van der Waals surface area contributed by atoms with Gasteiger partial charge in [0.2, 0.25) is 0 Å². The lowest BCUT2D eigenvalue weighted by Gasteiger charge is -2.18. The summed E-state index contributed by atoms with van der Waals surface area (Å²) < 4.78 is 0. The van der Waals surface area contributed by atoms with Gasteiger partial charge in [0.05, 0.1) is 0 Å². The molecular weight excluding hydrogens is 238 g/mol. The Kier molecular flexibility index (Phi) is 4.58. The minimum Gasteiger partial charge on any atom is -0.367 e. The molecule has 0 spiro atoms. The van der Waals surface area contributed by atoms with Gasteiger partial charge in [0, 0.05) is 18.0 Å². The van der Waals surface area contributed by atoms with Crippen molar-refractivity contribution in [3.63, 3.8) is 0 Å². The van der Waals surface area contributed by atoms with E-state index in [9.17, 15) is 0 Å². The van der Waals surface area contributed by atoms with Crippen LogP contribution in [0, 0.1) is 12.8 Å². The molecule has 0 amide bonds. The molecule has 0 saturated heterocycles. The highest BCUT2D eigenvalue weighted by Crippen LogP contribution is 2.34. The van der Waals surface area contributed by atoms with Gasteiger partial charge in [-0.3, -0.25) is 0 Å². The largest absolute Gasteiger partial charge is 0.367 e. The molecule has 0 bridgehead atoms. The standard InChI is InChI=1S/C14H25N5/c1-4-5-12-17-13(10(3)14(18-12)19-15)16-9(2)8-11-6-7-11/h9,11H,4-8,15H2,1-3H3,(H2,16,17,18,19). The van der Waals surface area contributed by atoms with Crippen molar-refractivity contribution in [3.05, 3.63) is 11.4 Å². The first-order valence-corrected chi connectivity index (χ1v) is 7.24. The van der Waals surface area contributed by atoms with Crippen molar-refractivity contribution in [2.24, 2.45) is 11.8 Å². The molecule has 1 unspecified atom stereocenters. The van der Waals surface area contributed by atoms with E-state index in [0.717, 1.165) is 41.8 Å². The van der Waals surface area contributed by atoms with E-state index in [1.54, 1.807) is 0 Å². The first-order chi connectivity index (χ1) is 9.13. The number of nitrogen functional groups attached to an aromatic ring is 1. The highest BCUT2D eigenvalue weighted by molar-refractivity contribution is 5.57. The molecule has 19 heavy (non-hydrogen) atoms. The molecule has 1 aromatic heterocycles. The number of anilines is 2. The Bertz CT molecular complexity index is 428. The van der Waals surface area contributed by atoms with Crippen molar-refractivity contribution >= 4 is 11.6 Å². The second kappa shape index (κ2) is 6.19. The van der Waals surface area contributed by atoms with Gasteiger partial charge >= 0.3 is 0 Å². The summed E-state index contributed by atoms with van der Waals surface area (Å²) >= 11 is 0. The monoisotopic (exact) mass is 263 g/mol. The highest BCUT2D eigenvalue weighted by Gasteiger charge is 2.24. The number of nitrogens with zero attached hydrogens (tertiary/aromatic N) is 2. The van der Waals surface area contributed by atoms with Gasteiger partial charge in [-0.15, -0.1) is 0 Å². The Hall–Kier alpha value is -1.36. The first kappa shape index (κ1) is 14.1. The lowest BCUT2D eigenvalue weighted by molar-refractivity contribution is 0.638. The number of hydrazine groups is 1. The molecule has 5 nitrogen and oxygen atoms in total. The van der Waals surface area contributed by atoms with Crippen molar-refractivity contribution in [2.45, 2.75) is 58.9 Å². The van der Waals surface area contributed by atoms with Crippen LogP contribution in [0.5, 0.6) is 0 Å². The second-order valence-electron chi connectivity index (χ2n) is 5.58.